The maximum atomic E-state index is 13.9. The molecule has 25 heavy (non-hydrogen) atoms. The van der Waals surface area contributed by atoms with Gasteiger partial charge in [-0.15, -0.1) is 0 Å². The third kappa shape index (κ3) is 4.39. The highest BCUT2D eigenvalue weighted by Gasteiger charge is 2.10. The van der Waals surface area contributed by atoms with Gasteiger partial charge in [0.1, 0.15) is 24.5 Å². The lowest BCUT2D eigenvalue weighted by molar-refractivity contribution is 0.297. The molecule has 0 unspecified atom stereocenters. The Kier molecular flexibility index (Phi) is 5.72. The van der Waals surface area contributed by atoms with Crippen molar-refractivity contribution in [3.8, 4) is 5.75 Å². The first-order chi connectivity index (χ1) is 12.0. The van der Waals surface area contributed by atoms with E-state index in [4.69, 9.17) is 28.6 Å². The van der Waals surface area contributed by atoms with Gasteiger partial charge in [0.25, 0.3) is 0 Å². The second kappa shape index (κ2) is 7.99. The third-order valence-corrected chi connectivity index (χ3v) is 4.58. The Morgan fingerprint density at radius 3 is 2.92 bits per heavy atom. The fourth-order valence-electron chi connectivity index (χ4n) is 2.18. The van der Waals surface area contributed by atoms with E-state index in [1.165, 1.54) is 6.07 Å². The van der Waals surface area contributed by atoms with Crippen LogP contribution in [0.15, 0.2) is 47.2 Å². The van der Waals surface area contributed by atoms with Gasteiger partial charge in [-0.1, -0.05) is 33.6 Å². The van der Waals surface area contributed by atoms with Gasteiger partial charge in [0, 0.05) is 15.6 Å². The number of hydrogen-bond acceptors (Lipinski definition) is 4. The molecule has 1 aromatic heterocycles. The number of benzene rings is 2. The number of ether oxygens (including phenoxy) is 1. The molecule has 1 heterocycles. The van der Waals surface area contributed by atoms with Crippen LogP contribution in [0.4, 0.5) is 4.39 Å². The minimum Gasteiger partial charge on any atom is -0.488 e. The van der Waals surface area contributed by atoms with Crippen LogP contribution in [0.3, 0.4) is 0 Å². The standard InChI is InChI=1S/C16H13BrClFN4OS/c17-11-4-5-15(24-8-12-13(18)2-1-3-14(12)19)10(6-11)7-21-23-9-20-22-16(23)25/h1-6,9,21H,7-8H2,(H,22,25). The van der Waals surface area contributed by atoms with Gasteiger partial charge in [0.2, 0.25) is 4.77 Å². The first kappa shape index (κ1) is 17.9. The summed E-state index contributed by atoms with van der Waals surface area (Å²) in [5, 5.41) is 6.84. The number of hydrogen-bond donors (Lipinski definition) is 2. The molecular formula is C16H13BrClFN4OS. The Morgan fingerprint density at radius 2 is 2.20 bits per heavy atom. The summed E-state index contributed by atoms with van der Waals surface area (Å²) in [6.07, 6.45) is 1.54. The lowest BCUT2D eigenvalue weighted by Crippen LogP contribution is -2.14. The fraction of sp³-hybridized carbons (Fsp3) is 0.125. The number of nitrogens with zero attached hydrogens (tertiary/aromatic N) is 2. The maximum absolute atomic E-state index is 13.9. The summed E-state index contributed by atoms with van der Waals surface area (Å²) in [5.74, 6) is 0.221. The van der Waals surface area contributed by atoms with Crippen LogP contribution < -0.4 is 10.2 Å². The van der Waals surface area contributed by atoms with Crippen molar-refractivity contribution in [2.24, 2.45) is 0 Å². The molecule has 0 spiro atoms. The lowest BCUT2D eigenvalue weighted by atomic mass is 10.2. The van der Waals surface area contributed by atoms with Crippen LogP contribution in [0, 0.1) is 10.6 Å². The number of aromatic nitrogens is 3. The predicted octanol–water partition coefficient (Wildman–Crippen LogP) is 4.82. The van der Waals surface area contributed by atoms with Crippen LogP contribution >= 0.6 is 39.7 Å². The Morgan fingerprint density at radius 1 is 1.36 bits per heavy atom. The van der Waals surface area contributed by atoms with Crippen molar-refractivity contribution in [2.45, 2.75) is 13.2 Å². The molecule has 0 fully saturated rings. The zero-order valence-corrected chi connectivity index (χ0v) is 16.0. The topological polar surface area (TPSA) is 54.9 Å². The van der Waals surface area contributed by atoms with Gasteiger partial charge in [-0.05, 0) is 42.5 Å². The first-order valence-electron chi connectivity index (χ1n) is 7.24. The molecule has 0 bridgehead atoms. The SMILES string of the molecule is Fc1cccc(Cl)c1COc1ccc(Br)cc1CNn1cn[nH]c1=S. The molecule has 0 radical (unpaired) electrons. The van der Waals surface area contributed by atoms with Crippen LogP contribution in [0.25, 0.3) is 0 Å². The van der Waals surface area contributed by atoms with Crippen molar-refractivity contribution >= 4 is 39.7 Å². The van der Waals surface area contributed by atoms with Crippen molar-refractivity contribution < 1.29 is 9.13 Å². The second-order valence-corrected chi connectivity index (χ2v) is 6.82. The molecule has 0 saturated carbocycles. The Hall–Kier alpha value is -1.90. The highest BCUT2D eigenvalue weighted by Crippen LogP contribution is 2.26. The van der Waals surface area contributed by atoms with Gasteiger partial charge in [-0.2, -0.15) is 5.10 Å². The number of aromatic amines is 1. The minimum absolute atomic E-state index is 0.0330. The van der Waals surface area contributed by atoms with E-state index in [-0.39, 0.29) is 6.61 Å². The van der Waals surface area contributed by atoms with Crippen molar-refractivity contribution in [1.82, 2.24) is 14.9 Å². The Labute approximate surface area is 161 Å². The monoisotopic (exact) mass is 442 g/mol. The van der Waals surface area contributed by atoms with E-state index in [2.05, 4.69) is 31.6 Å². The normalized spacial score (nSPS) is 10.7. The molecule has 5 nitrogen and oxygen atoms in total. The summed E-state index contributed by atoms with van der Waals surface area (Å²) in [6, 6.07) is 10.1. The summed E-state index contributed by atoms with van der Waals surface area (Å²) < 4.78 is 22.6. The summed E-state index contributed by atoms with van der Waals surface area (Å²) in [5.41, 5.74) is 4.30. The molecule has 0 aliphatic carbocycles. The molecule has 0 saturated heterocycles. The van der Waals surface area contributed by atoms with Gasteiger partial charge < -0.3 is 10.2 Å². The number of halogens is 3. The molecule has 3 rings (SSSR count). The van der Waals surface area contributed by atoms with E-state index in [0.717, 1.165) is 10.0 Å². The average molecular weight is 444 g/mol. The highest BCUT2D eigenvalue weighted by molar-refractivity contribution is 9.10. The van der Waals surface area contributed by atoms with Crippen molar-refractivity contribution in [3.05, 3.63) is 73.9 Å². The molecule has 0 atom stereocenters. The van der Waals surface area contributed by atoms with Crippen molar-refractivity contribution in [1.29, 1.82) is 0 Å². The zero-order valence-electron chi connectivity index (χ0n) is 12.8. The summed E-state index contributed by atoms with van der Waals surface area (Å²) in [7, 11) is 0. The molecule has 2 N–H and O–H groups in total. The zero-order chi connectivity index (χ0) is 17.8. The summed E-state index contributed by atoms with van der Waals surface area (Å²) in [6.45, 7) is 0.471. The van der Waals surface area contributed by atoms with E-state index in [0.29, 0.717) is 27.7 Å². The van der Waals surface area contributed by atoms with Gasteiger partial charge in [-0.3, -0.25) is 5.10 Å². The first-order valence-corrected chi connectivity index (χ1v) is 8.82. The van der Waals surface area contributed by atoms with Gasteiger partial charge in [-0.25, -0.2) is 9.07 Å². The van der Waals surface area contributed by atoms with E-state index < -0.39 is 5.82 Å². The van der Waals surface area contributed by atoms with Gasteiger partial charge >= 0.3 is 0 Å². The molecular weight excluding hydrogens is 431 g/mol. The maximum Gasteiger partial charge on any atom is 0.214 e. The molecule has 0 aliphatic rings. The second-order valence-electron chi connectivity index (χ2n) is 5.11. The van der Waals surface area contributed by atoms with E-state index >= 15 is 0 Å². The Balaban J connectivity index is 1.77. The third-order valence-electron chi connectivity index (χ3n) is 3.45. The minimum atomic E-state index is -0.394. The van der Waals surface area contributed by atoms with Crippen LogP contribution in [0.2, 0.25) is 5.02 Å². The number of H-pyrrole nitrogens is 1. The quantitative estimate of drug-likeness (QED) is 0.536. The summed E-state index contributed by atoms with van der Waals surface area (Å²) >= 11 is 14.6. The fourth-order valence-corrected chi connectivity index (χ4v) is 2.97. The van der Waals surface area contributed by atoms with Gasteiger partial charge in [0.15, 0.2) is 0 Å². The summed E-state index contributed by atoms with van der Waals surface area (Å²) in [4.78, 5) is 0. The van der Waals surface area contributed by atoms with Crippen LogP contribution in [0.1, 0.15) is 11.1 Å². The molecule has 3 aromatic rings. The molecule has 9 heteroatoms. The van der Waals surface area contributed by atoms with E-state index in [1.807, 2.05) is 18.2 Å². The predicted molar refractivity (Wildman–Crippen MR) is 100 cm³/mol. The van der Waals surface area contributed by atoms with Crippen molar-refractivity contribution in [3.63, 3.8) is 0 Å². The van der Waals surface area contributed by atoms with Gasteiger partial charge in [0.05, 0.1) is 11.6 Å². The number of nitrogens with one attached hydrogen (secondary N) is 2. The molecule has 2 aromatic carbocycles. The lowest BCUT2D eigenvalue weighted by Gasteiger charge is -2.14. The smallest absolute Gasteiger partial charge is 0.214 e. The molecule has 130 valence electrons. The average Bonchev–Trinajstić information content (AvgIpc) is 2.99. The van der Waals surface area contributed by atoms with Crippen LogP contribution in [0.5, 0.6) is 5.75 Å². The largest absolute Gasteiger partial charge is 0.488 e. The molecule has 0 aliphatic heterocycles. The van der Waals surface area contributed by atoms with Crippen LogP contribution in [-0.2, 0) is 13.2 Å². The van der Waals surface area contributed by atoms with Crippen LogP contribution in [-0.4, -0.2) is 14.9 Å². The number of rotatable bonds is 6. The van der Waals surface area contributed by atoms with Crippen molar-refractivity contribution in [2.75, 3.05) is 5.43 Å². The highest BCUT2D eigenvalue weighted by atomic mass is 79.9. The van der Waals surface area contributed by atoms with E-state index in [1.54, 1.807) is 23.1 Å². The van der Waals surface area contributed by atoms with E-state index in [9.17, 15) is 4.39 Å². The molecule has 0 amide bonds. The Bertz CT molecular complexity index is 926.